The van der Waals surface area contributed by atoms with Gasteiger partial charge in [-0.2, -0.15) is 0 Å². The third kappa shape index (κ3) is 3.51. The van der Waals surface area contributed by atoms with E-state index in [0.29, 0.717) is 32.4 Å². The first kappa shape index (κ1) is 23.0. The number of likely N-dealkylation sites (tertiary alicyclic amines) is 1. The van der Waals surface area contributed by atoms with Crippen molar-refractivity contribution in [2.45, 2.75) is 83.0 Å². The minimum absolute atomic E-state index is 0.0654. The fourth-order valence-corrected chi connectivity index (χ4v) is 5.81. The molecule has 5 atom stereocenters. The normalized spacial score (nSPS) is 34.3. The van der Waals surface area contributed by atoms with E-state index in [1.54, 1.807) is 0 Å². The molecule has 2 bridgehead atoms. The van der Waals surface area contributed by atoms with E-state index in [9.17, 15) is 19.5 Å². The summed E-state index contributed by atoms with van der Waals surface area (Å²) in [7, 11) is 0. The maximum Gasteiger partial charge on any atom is 0.245 e. The first-order valence-corrected chi connectivity index (χ1v) is 11.6. The molecule has 8 heteroatoms. The summed E-state index contributed by atoms with van der Waals surface area (Å²) >= 11 is 0. The monoisotopic (exact) mass is 423 g/mol. The molecular weight excluding hydrogens is 386 g/mol. The number of rotatable bonds is 11. The van der Waals surface area contributed by atoms with Crippen LogP contribution in [0, 0.1) is 11.8 Å². The van der Waals surface area contributed by atoms with Crippen LogP contribution in [0.1, 0.15) is 65.7 Å². The van der Waals surface area contributed by atoms with Crippen molar-refractivity contribution in [2.75, 3.05) is 26.2 Å². The van der Waals surface area contributed by atoms with Crippen molar-refractivity contribution in [1.29, 1.82) is 0 Å². The van der Waals surface area contributed by atoms with Gasteiger partial charge in [-0.1, -0.05) is 33.6 Å². The molecule has 3 N–H and O–H groups in total. The minimum atomic E-state index is -0.995. The molecule has 170 valence electrons. The zero-order chi connectivity index (χ0) is 21.9. The van der Waals surface area contributed by atoms with Gasteiger partial charge in [0.1, 0.15) is 11.6 Å². The second kappa shape index (κ2) is 9.22. The smallest absolute Gasteiger partial charge is 0.245 e. The zero-order valence-corrected chi connectivity index (χ0v) is 18.5. The molecule has 0 aromatic carbocycles. The first-order chi connectivity index (χ1) is 14.4. The van der Waals surface area contributed by atoms with Gasteiger partial charge in [-0.05, 0) is 32.1 Å². The molecule has 3 aliphatic heterocycles. The van der Waals surface area contributed by atoms with Crippen molar-refractivity contribution in [1.82, 2.24) is 15.5 Å². The number of nitrogens with one attached hydrogen (secondary N) is 2. The summed E-state index contributed by atoms with van der Waals surface area (Å²) < 4.78 is 6.58. The van der Waals surface area contributed by atoms with Crippen molar-refractivity contribution in [3.63, 3.8) is 0 Å². The summed E-state index contributed by atoms with van der Waals surface area (Å²) in [4.78, 5) is 41.3. The number of fused-ring (bicyclic) bond motifs is 1. The van der Waals surface area contributed by atoms with Gasteiger partial charge in [0.25, 0.3) is 0 Å². The maximum atomic E-state index is 13.5. The van der Waals surface area contributed by atoms with Crippen LogP contribution in [-0.4, -0.2) is 71.2 Å². The highest BCUT2D eigenvalue weighted by Crippen LogP contribution is 2.64. The molecule has 3 fully saturated rings. The third-order valence-electron chi connectivity index (χ3n) is 7.18. The Bertz CT molecular complexity index is 671. The van der Waals surface area contributed by atoms with Crippen molar-refractivity contribution >= 4 is 17.7 Å². The van der Waals surface area contributed by atoms with Gasteiger partial charge in [-0.15, -0.1) is 0 Å². The topological polar surface area (TPSA) is 108 Å². The van der Waals surface area contributed by atoms with Crippen LogP contribution in [-0.2, 0) is 19.1 Å². The van der Waals surface area contributed by atoms with Gasteiger partial charge in [-0.3, -0.25) is 14.4 Å². The lowest BCUT2D eigenvalue weighted by atomic mass is 9.65. The van der Waals surface area contributed by atoms with Crippen molar-refractivity contribution in [3.8, 4) is 0 Å². The first-order valence-electron chi connectivity index (χ1n) is 11.6. The Labute approximate surface area is 179 Å². The number of hydrogen-bond acceptors (Lipinski definition) is 5. The number of carbonyl (C=O) groups excluding carboxylic acids is 3. The molecular formula is C22H37N3O5. The van der Waals surface area contributed by atoms with Gasteiger partial charge in [0.05, 0.1) is 24.0 Å². The van der Waals surface area contributed by atoms with Gasteiger partial charge in [0.15, 0.2) is 0 Å². The van der Waals surface area contributed by atoms with Crippen molar-refractivity contribution in [2.24, 2.45) is 11.8 Å². The fourth-order valence-electron chi connectivity index (χ4n) is 5.81. The number of hydrogen-bond donors (Lipinski definition) is 3. The summed E-state index contributed by atoms with van der Waals surface area (Å²) in [5.74, 6) is -1.93. The minimum Gasteiger partial charge on any atom is -0.395 e. The van der Waals surface area contributed by atoms with E-state index in [0.717, 1.165) is 25.7 Å². The van der Waals surface area contributed by atoms with Crippen LogP contribution in [0.3, 0.4) is 0 Å². The second-order valence-electron chi connectivity index (χ2n) is 8.88. The SMILES string of the molecule is CCCCCNC(=O)C1N(CCO)C(=O)[C@@H]2[C@H](C(=O)NCCC)[C@]3(CC)CCC12O3. The average molecular weight is 424 g/mol. The number of aliphatic hydroxyl groups is 1. The van der Waals surface area contributed by atoms with E-state index >= 15 is 0 Å². The molecule has 0 aromatic rings. The van der Waals surface area contributed by atoms with Gasteiger partial charge in [-0.25, -0.2) is 0 Å². The summed E-state index contributed by atoms with van der Waals surface area (Å²) in [5.41, 5.74) is -1.70. The predicted octanol–water partition coefficient (Wildman–Crippen LogP) is 0.966. The highest BCUT2D eigenvalue weighted by atomic mass is 16.5. The number of carbonyl (C=O) groups is 3. The molecule has 3 amide bonds. The van der Waals surface area contributed by atoms with E-state index < -0.39 is 29.1 Å². The van der Waals surface area contributed by atoms with Crippen LogP contribution in [0.5, 0.6) is 0 Å². The second-order valence-corrected chi connectivity index (χ2v) is 8.88. The number of β-amino-alcohol motifs (C(OH)–C–C–N with tert-alkyl or cyclic N) is 1. The van der Waals surface area contributed by atoms with Crippen LogP contribution in [0.2, 0.25) is 0 Å². The average Bonchev–Trinajstić information content (AvgIpc) is 3.34. The fraction of sp³-hybridized carbons (Fsp3) is 0.864. The molecule has 0 aromatic heterocycles. The maximum absolute atomic E-state index is 13.5. The van der Waals surface area contributed by atoms with E-state index in [-0.39, 0.29) is 30.9 Å². The molecule has 3 rings (SSSR count). The van der Waals surface area contributed by atoms with E-state index in [2.05, 4.69) is 17.6 Å². The zero-order valence-electron chi connectivity index (χ0n) is 18.5. The Kier molecular flexibility index (Phi) is 7.07. The molecule has 0 saturated carbocycles. The van der Waals surface area contributed by atoms with Crippen molar-refractivity contribution < 1.29 is 24.2 Å². The standard InChI is InChI=1S/C22H37N3O5/c1-4-7-8-12-24-19(28)17-22-10-9-21(6-3,30-22)15(18(27)23-11-5-2)16(22)20(29)25(17)13-14-26/h15-17,26H,4-14H2,1-3H3,(H,23,27)(H,24,28)/t15-,16+,17?,21+,22?/m1/s1. The Morgan fingerprint density at radius 3 is 2.47 bits per heavy atom. The molecule has 0 radical (unpaired) electrons. The molecule has 2 unspecified atom stereocenters. The summed E-state index contributed by atoms with van der Waals surface area (Å²) in [5, 5.41) is 15.5. The lowest BCUT2D eigenvalue weighted by Gasteiger charge is -2.33. The molecule has 1 spiro atoms. The molecule has 3 heterocycles. The molecule has 3 aliphatic rings. The quantitative estimate of drug-likeness (QED) is 0.429. The van der Waals surface area contributed by atoms with Crippen molar-refractivity contribution in [3.05, 3.63) is 0 Å². The van der Waals surface area contributed by atoms with E-state index in [1.165, 1.54) is 4.90 Å². The van der Waals surface area contributed by atoms with Gasteiger partial charge in [0.2, 0.25) is 17.7 Å². The lowest BCUT2D eigenvalue weighted by Crippen LogP contribution is -2.55. The summed E-state index contributed by atoms with van der Waals surface area (Å²) in [6, 6.07) is -0.804. The predicted molar refractivity (Wildman–Crippen MR) is 111 cm³/mol. The van der Waals surface area contributed by atoms with Crippen LogP contribution < -0.4 is 10.6 Å². The molecule has 8 nitrogen and oxygen atoms in total. The van der Waals surface area contributed by atoms with Crippen LogP contribution >= 0.6 is 0 Å². The Balaban J connectivity index is 1.92. The van der Waals surface area contributed by atoms with E-state index in [1.807, 2.05) is 13.8 Å². The summed E-state index contributed by atoms with van der Waals surface area (Å²) in [6.07, 6.45) is 5.61. The van der Waals surface area contributed by atoms with Crippen LogP contribution in [0.25, 0.3) is 0 Å². The highest BCUT2D eigenvalue weighted by Gasteiger charge is 2.78. The lowest BCUT2D eigenvalue weighted by molar-refractivity contribution is -0.148. The number of unbranched alkanes of at least 4 members (excludes halogenated alkanes) is 2. The van der Waals surface area contributed by atoms with Crippen LogP contribution in [0.15, 0.2) is 0 Å². The Hall–Kier alpha value is -1.67. The molecule has 0 aliphatic carbocycles. The Morgan fingerprint density at radius 2 is 1.83 bits per heavy atom. The molecule has 30 heavy (non-hydrogen) atoms. The van der Waals surface area contributed by atoms with Gasteiger partial charge in [0, 0.05) is 19.6 Å². The molecule has 3 saturated heterocycles. The van der Waals surface area contributed by atoms with Crippen LogP contribution in [0.4, 0.5) is 0 Å². The number of aliphatic hydroxyl groups excluding tert-OH is 1. The number of amides is 3. The largest absolute Gasteiger partial charge is 0.395 e. The van der Waals surface area contributed by atoms with Gasteiger partial charge >= 0.3 is 0 Å². The van der Waals surface area contributed by atoms with Gasteiger partial charge < -0.3 is 25.4 Å². The third-order valence-corrected chi connectivity index (χ3v) is 7.18. The summed E-state index contributed by atoms with van der Waals surface area (Å²) in [6.45, 7) is 6.99. The number of ether oxygens (including phenoxy) is 1. The number of nitrogens with zero attached hydrogens (tertiary/aromatic N) is 1. The van der Waals surface area contributed by atoms with E-state index in [4.69, 9.17) is 4.74 Å². The highest BCUT2D eigenvalue weighted by molar-refractivity contribution is 5.99. The Morgan fingerprint density at radius 1 is 1.10 bits per heavy atom.